The van der Waals surface area contributed by atoms with E-state index in [0.29, 0.717) is 13.0 Å². The molecule has 1 atom stereocenters. The van der Waals surface area contributed by atoms with Crippen LogP contribution in [0.25, 0.3) is 10.6 Å². The summed E-state index contributed by atoms with van der Waals surface area (Å²) in [6.45, 7) is 5.41. The van der Waals surface area contributed by atoms with Crippen LogP contribution in [0.2, 0.25) is 0 Å². The Labute approximate surface area is 132 Å². The molecule has 2 aromatic rings. The number of carbonyl (C=O) groups excluding carboxylic acids is 1. The summed E-state index contributed by atoms with van der Waals surface area (Å²) in [5.74, 6) is 0.160. The first-order valence-electron chi connectivity index (χ1n) is 7.10. The summed E-state index contributed by atoms with van der Waals surface area (Å²) in [6.07, 6.45) is 1.37. The Morgan fingerprint density at radius 2 is 2.38 bits per heavy atom. The maximum atomic E-state index is 12.1. The smallest absolute Gasteiger partial charge is 0.224 e. The monoisotopic (exact) mass is 321 g/mol. The summed E-state index contributed by atoms with van der Waals surface area (Å²) in [5, 5.41) is 3.19. The van der Waals surface area contributed by atoms with Gasteiger partial charge in [0.2, 0.25) is 5.91 Å². The molecule has 2 N–H and O–H groups in total. The topological polar surface area (TPSA) is 59.2 Å². The molecule has 0 radical (unpaired) electrons. The second-order valence-electron chi connectivity index (χ2n) is 5.56. The second kappa shape index (κ2) is 5.87. The Balaban J connectivity index is 1.77. The van der Waals surface area contributed by atoms with Gasteiger partial charge in [0.05, 0.1) is 15.6 Å². The molecule has 0 saturated heterocycles. The highest BCUT2D eigenvalue weighted by Gasteiger charge is 2.23. The summed E-state index contributed by atoms with van der Waals surface area (Å²) in [4.78, 5) is 21.2. The van der Waals surface area contributed by atoms with Crippen LogP contribution in [-0.4, -0.2) is 28.4 Å². The van der Waals surface area contributed by atoms with Gasteiger partial charge in [0.25, 0.3) is 0 Å². The zero-order valence-corrected chi connectivity index (χ0v) is 13.9. The lowest BCUT2D eigenvalue weighted by Gasteiger charge is -2.27. The number of nitrogens with zero attached hydrogens (tertiary/aromatic N) is 2. The van der Waals surface area contributed by atoms with E-state index in [4.69, 9.17) is 5.73 Å². The first-order valence-corrected chi connectivity index (χ1v) is 8.80. The Morgan fingerprint density at radius 3 is 3.05 bits per heavy atom. The van der Waals surface area contributed by atoms with Crippen molar-refractivity contribution < 1.29 is 4.79 Å². The van der Waals surface area contributed by atoms with Gasteiger partial charge in [0.15, 0.2) is 0 Å². The molecule has 2 aromatic heterocycles. The fourth-order valence-corrected chi connectivity index (χ4v) is 4.36. The zero-order chi connectivity index (χ0) is 15.0. The SMILES string of the molecule is Cc1nc(-c2cc3c(s2)CCN(C(=O)CC(C)N)C3)cs1. The van der Waals surface area contributed by atoms with Crippen LogP contribution in [0, 0.1) is 6.92 Å². The van der Waals surface area contributed by atoms with Crippen molar-refractivity contribution in [3.8, 4) is 10.6 Å². The quantitative estimate of drug-likeness (QED) is 0.945. The molecule has 1 aliphatic heterocycles. The average molecular weight is 321 g/mol. The molecule has 112 valence electrons. The van der Waals surface area contributed by atoms with Gasteiger partial charge < -0.3 is 10.6 Å². The van der Waals surface area contributed by atoms with Gasteiger partial charge >= 0.3 is 0 Å². The lowest BCUT2D eigenvalue weighted by molar-refractivity contribution is -0.132. The largest absolute Gasteiger partial charge is 0.338 e. The highest BCUT2D eigenvalue weighted by Crippen LogP contribution is 2.35. The van der Waals surface area contributed by atoms with Gasteiger partial charge in [0, 0.05) is 35.8 Å². The Morgan fingerprint density at radius 1 is 1.57 bits per heavy atom. The number of aryl methyl sites for hydroxylation is 1. The highest BCUT2D eigenvalue weighted by atomic mass is 32.1. The number of nitrogens with two attached hydrogens (primary N) is 1. The van der Waals surface area contributed by atoms with Crippen LogP contribution in [0.15, 0.2) is 11.4 Å². The number of hydrogen-bond donors (Lipinski definition) is 1. The van der Waals surface area contributed by atoms with Crippen molar-refractivity contribution in [2.24, 2.45) is 5.73 Å². The first-order chi connectivity index (χ1) is 10.0. The van der Waals surface area contributed by atoms with Gasteiger partial charge in [-0.25, -0.2) is 4.98 Å². The van der Waals surface area contributed by atoms with Crippen LogP contribution in [0.4, 0.5) is 0 Å². The molecule has 0 saturated carbocycles. The van der Waals surface area contributed by atoms with Gasteiger partial charge in [-0.1, -0.05) is 0 Å². The van der Waals surface area contributed by atoms with Gasteiger partial charge in [-0.15, -0.1) is 22.7 Å². The number of fused-ring (bicyclic) bond motifs is 1. The van der Waals surface area contributed by atoms with Gasteiger partial charge in [-0.3, -0.25) is 4.79 Å². The normalized spacial score (nSPS) is 15.9. The number of thiophene rings is 1. The minimum atomic E-state index is -0.0742. The molecule has 3 heterocycles. The minimum absolute atomic E-state index is 0.0742. The van der Waals surface area contributed by atoms with Crippen LogP contribution in [-0.2, 0) is 17.8 Å². The van der Waals surface area contributed by atoms with Gasteiger partial charge in [0.1, 0.15) is 0 Å². The van der Waals surface area contributed by atoms with Crippen LogP contribution in [0.1, 0.15) is 28.8 Å². The van der Waals surface area contributed by atoms with Crippen molar-refractivity contribution >= 4 is 28.6 Å². The molecule has 0 aliphatic carbocycles. The molecule has 0 bridgehead atoms. The van der Waals surface area contributed by atoms with Crippen molar-refractivity contribution in [3.63, 3.8) is 0 Å². The van der Waals surface area contributed by atoms with Crippen LogP contribution in [0.5, 0.6) is 0 Å². The molecule has 0 spiro atoms. The summed E-state index contributed by atoms with van der Waals surface area (Å²) in [6, 6.07) is 2.12. The molecule has 4 nitrogen and oxygen atoms in total. The molecule has 6 heteroatoms. The van der Waals surface area contributed by atoms with E-state index < -0.39 is 0 Å². The molecule has 1 aliphatic rings. The predicted octanol–water partition coefficient (Wildman–Crippen LogP) is 2.80. The Bertz CT molecular complexity index is 660. The maximum Gasteiger partial charge on any atom is 0.224 e. The lowest BCUT2D eigenvalue weighted by Crippen LogP contribution is -2.38. The summed E-state index contributed by atoms with van der Waals surface area (Å²) < 4.78 is 0. The van der Waals surface area contributed by atoms with E-state index in [9.17, 15) is 4.79 Å². The third kappa shape index (κ3) is 3.17. The zero-order valence-electron chi connectivity index (χ0n) is 12.3. The third-order valence-corrected chi connectivity index (χ3v) is 5.62. The molecule has 3 rings (SSSR count). The van der Waals surface area contributed by atoms with E-state index in [1.165, 1.54) is 15.3 Å². The second-order valence-corrected chi connectivity index (χ2v) is 7.76. The summed E-state index contributed by atoms with van der Waals surface area (Å²) in [7, 11) is 0. The summed E-state index contributed by atoms with van der Waals surface area (Å²) in [5.41, 5.74) is 8.05. The van der Waals surface area contributed by atoms with E-state index in [1.807, 2.05) is 30.1 Å². The Hall–Kier alpha value is -1.24. The van der Waals surface area contributed by atoms with Crippen LogP contribution >= 0.6 is 22.7 Å². The predicted molar refractivity (Wildman–Crippen MR) is 87.6 cm³/mol. The van der Waals surface area contributed by atoms with E-state index in [-0.39, 0.29) is 11.9 Å². The van der Waals surface area contributed by atoms with Crippen LogP contribution in [0.3, 0.4) is 0 Å². The van der Waals surface area contributed by atoms with Gasteiger partial charge in [-0.2, -0.15) is 0 Å². The number of hydrogen-bond acceptors (Lipinski definition) is 5. The average Bonchev–Trinajstić information content (AvgIpc) is 3.02. The third-order valence-electron chi connectivity index (χ3n) is 3.59. The van der Waals surface area contributed by atoms with E-state index in [2.05, 4.69) is 16.4 Å². The number of carbonyl (C=O) groups is 1. The number of aromatic nitrogens is 1. The maximum absolute atomic E-state index is 12.1. The lowest BCUT2D eigenvalue weighted by atomic mass is 10.1. The van der Waals surface area contributed by atoms with E-state index in [1.54, 1.807) is 11.3 Å². The van der Waals surface area contributed by atoms with Crippen molar-refractivity contribution in [3.05, 3.63) is 26.9 Å². The van der Waals surface area contributed by atoms with Crippen LogP contribution < -0.4 is 5.73 Å². The van der Waals surface area contributed by atoms with Gasteiger partial charge in [-0.05, 0) is 31.9 Å². The molecule has 0 aromatic carbocycles. The fraction of sp³-hybridized carbons (Fsp3) is 0.467. The first kappa shape index (κ1) is 14.7. The van der Waals surface area contributed by atoms with Crippen molar-refractivity contribution in [2.45, 2.75) is 39.3 Å². The fourth-order valence-electron chi connectivity index (χ4n) is 2.55. The van der Waals surface area contributed by atoms with E-state index >= 15 is 0 Å². The highest BCUT2D eigenvalue weighted by molar-refractivity contribution is 7.16. The number of thiazole rings is 1. The van der Waals surface area contributed by atoms with Crippen molar-refractivity contribution in [2.75, 3.05) is 6.54 Å². The Kier molecular flexibility index (Phi) is 4.10. The number of amides is 1. The van der Waals surface area contributed by atoms with E-state index in [0.717, 1.165) is 23.7 Å². The van der Waals surface area contributed by atoms with Crippen molar-refractivity contribution in [1.29, 1.82) is 0 Å². The standard InChI is InChI=1S/C15H19N3OS2/c1-9(16)5-15(19)18-4-3-13-11(7-18)6-14(21-13)12-8-20-10(2)17-12/h6,8-9H,3-5,7,16H2,1-2H3. The molecular formula is C15H19N3OS2. The minimum Gasteiger partial charge on any atom is -0.338 e. The van der Waals surface area contributed by atoms with Crippen molar-refractivity contribution in [1.82, 2.24) is 9.88 Å². The molecule has 21 heavy (non-hydrogen) atoms. The molecule has 1 unspecified atom stereocenters. The molecule has 1 amide bonds. The number of rotatable bonds is 3. The summed E-state index contributed by atoms with van der Waals surface area (Å²) >= 11 is 3.49. The molecule has 0 fully saturated rings. The molecular weight excluding hydrogens is 302 g/mol.